The summed E-state index contributed by atoms with van der Waals surface area (Å²) < 4.78 is 0. The van der Waals surface area contributed by atoms with Gasteiger partial charge in [0.05, 0.1) is 0 Å². The summed E-state index contributed by atoms with van der Waals surface area (Å²) in [6.07, 6.45) is 5.90. The molecule has 6 nitrogen and oxygen atoms in total. The number of H-pyrrole nitrogens is 1. The Hall–Kier alpha value is -1.43. The number of aromatic amines is 1. The highest BCUT2D eigenvalue weighted by Crippen LogP contribution is 2.32. The van der Waals surface area contributed by atoms with Gasteiger partial charge in [-0.05, 0) is 32.7 Å². The zero-order chi connectivity index (χ0) is 15.0. The molecule has 2 unspecified atom stereocenters. The number of hydrogen-bond donors (Lipinski definition) is 2. The summed E-state index contributed by atoms with van der Waals surface area (Å²) in [7, 11) is 2.22. The number of nitrogens with one attached hydrogen (secondary N) is 2. The molecular formula is C15H25N5O. The molecule has 2 fully saturated rings. The van der Waals surface area contributed by atoms with Crippen molar-refractivity contribution in [2.45, 2.75) is 70.0 Å². The van der Waals surface area contributed by atoms with Crippen LogP contribution in [0.2, 0.25) is 0 Å². The van der Waals surface area contributed by atoms with E-state index in [1.165, 1.54) is 19.3 Å². The molecule has 3 heterocycles. The Bertz CT molecular complexity index is 498. The zero-order valence-electron chi connectivity index (χ0n) is 13.1. The molecule has 2 saturated heterocycles. The minimum Gasteiger partial charge on any atom is -0.346 e. The molecule has 2 bridgehead atoms. The fraction of sp³-hybridized carbons (Fsp3) is 0.800. The van der Waals surface area contributed by atoms with Crippen LogP contribution in [0, 0.1) is 0 Å². The third-order valence-electron chi connectivity index (χ3n) is 4.93. The summed E-state index contributed by atoms with van der Waals surface area (Å²) >= 11 is 0. The molecule has 0 saturated carbocycles. The van der Waals surface area contributed by atoms with Crippen molar-refractivity contribution in [1.82, 2.24) is 25.4 Å². The van der Waals surface area contributed by atoms with Crippen molar-refractivity contribution in [3.8, 4) is 0 Å². The Morgan fingerprint density at radius 3 is 2.57 bits per heavy atom. The lowest BCUT2D eigenvalue weighted by atomic mass is 9.82. The van der Waals surface area contributed by atoms with Crippen LogP contribution in [0.5, 0.6) is 0 Å². The molecule has 2 aliphatic heterocycles. The van der Waals surface area contributed by atoms with E-state index in [-0.39, 0.29) is 23.7 Å². The molecule has 2 N–H and O–H groups in total. The Labute approximate surface area is 125 Å². The minimum absolute atomic E-state index is 0.147. The molecule has 116 valence electrons. The predicted molar refractivity (Wildman–Crippen MR) is 80.1 cm³/mol. The van der Waals surface area contributed by atoms with Crippen molar-refractivity contribution in [3.63, 3.8) is 0 Å². The van der Waals surface area contributed by atoms with Gasteiger partial charge < -0.3 is 10.2 Å². The smallest absolute Gasteiger partial charge is 0.291 e. The topological polar surface area (TPSA) is 73.9 Å². The van der Waals surface area contributed by atoms with Crippen LogP contribution >= 0.6 is 0 Å². The van der Waals surface area contributed by atoms with E-state index in [9.17, 15) is 4.79 Å². The SMILES string of the molecule is CC(C)c1nc(C(=O)NC2CC3CCCC(C2)N3C)n[nH]1. The molecule has 0 aromatic carbocycles. The number of carbonyl (C=O) groups excluding carboxylic acids is 1. The van der Waals surface area contributed by atoms with Crippen LogP contribution in [0.4, 0.5) is 0 Å². The number of aromatic nitrogens is 3. The van der Waals surface area contributed by atoms with Gasteiger partial charge >= 0.3 is 0 Å². The highest BCUT2D eigenvalue weighted by molar-refractivity contribution is 5.90. The summed E-state index contributed by atoms with van der Waals surface area (Å²) in [4.78, 5) is 19.0. The highest BCUT2D eigenvalue weighted by atomic mass is 16.2. The van der Waals surface area contributed by atoms with Crippen LogP contribution in [0.3, 0.4) is 0 Å². The molecule has 2 aliphatic rings. The lowest BCUT2D eigenvalue weighted by molar-refractivity contribution is 0.0461. The van der Waals surface area contributed by atoms with E-state index in [2.05, 4.69) is 32.4 Å². The lowest BCUT2D eigenvalue weighted by Crippen LogP contribution is -2.55. The molecule has 21 heavy (non-hydrogen) atoms. The molecule has 1 amide bonds. The van der Waals surface area contributed by atoms with Gasteiger partial charge in [-0.2, -0.15) is 0 Å². The Balaban J connectivity index is 1.62. The van der Waals surface area contributed by atoms with Crippen LogP contribution in [0.15, 0.2) is 0 Å². The van der Waals surface area contributed by atoms with Gasteiger partial charge in [0.15, 0.2) is 0 Å². The standard InChI is InChI=1S/C15H25N5O/c1-9(2)13-17-14(19-18-13)15(21)16-10-7-11-5-4-6-12(8-10)20(11)3/h9-12H,4-8H2,1-3H3,(H,16,21)(H,17,18,19). The second-order valence-corrected chi connectivity index (χ2v) is 6.74. The second-order valence-electron chi connectivity index (χ2n) is 6.74. The van der Waals surface area contributed by atoms with Crippen molar-refractivity contribution in [1.29, 1.82) is 0 Å². The minimum atomic E-state index is -0.147. The van der Waals surface area contributed by atoms with E-state index >= 15 is 0 Å². The molecule has 3 rings (SSSR count). The van der Waals surface area contributed by atoms with Crippen molar-refractivity contribution < 1.29 is 4.79 Å². The maximum Gasteiger partial charge on any atom is 0.291 e. The van der Waals surface area contributed by atoms with Crippen molar-refractivity contribution in [3.05, 3.63) is 11.6 Å². The molecule has 0 aliphatic carbocycles. The number of amides is 1. The average Bonchev–Trinajstić information content (AvgIpc) is 2.90. The van der Waals surface area contributed by atoms with Gasteiger partial charge in [-0.1, -0.05) is 20.3 Å². The van der Waals surface area contributed by atoms with Gasteiger partial charge in [0, 0.05) is 24.0 Å². The summed E-state index contributed by atoms with van der Waals surface area (Å²) in [5, 5.41) is 10.00. The number of hydrogen-bond acceptors (Lipinski definition) is 4. The fourth-order valence-corrected chi connectivity index (χ4v) is 3.62. The first-order valence-corrected chi connectivity index (χ1v) is 7.99. The first kappa shape index (κ1) is 14.5. The van der Waals surface area contributed by atoms with Crippen molar-refractivity contribution in [2.24, 2.45) is 0 Å². The first-order valence-electron chi connectivity index (χ1n) is 7.99. The van der Waals surface area contributed by atoms with Crippen LogP contribution in [-0.2, 0) is 0 Å². The van der Waals surface area contributed by atoms with Crippen molar-refractivity contribution >= 4 is 5.91 Å². The van der Waals surface area contributed by atoms with Crippen LogP contribution < -0.4 is 5.32 Å². The molecule has 6 heteroatoms. The zero-order valence-corrected chi connectivity index (χ0v) is 13.1. The second kappa shape index (κ2) is 5.75. The van der Waals surface area contributed by atoms with Gasteiger partial charge in [-0.3, -0.25) is 9.89 Å². The van der Waals surface area contributed by atoms with Gasteiger partial charge in [-0.15, -0.1) is 5.10 Å². The number of rotatable bonds is 3. The number of fused-ring (bicyclic) bond motifs is 2. The fourth-order valence-electron chi connectivity index (χ4n) is 3.62. The van der Waals surface area contributed by atoms with E-state index in [1.807, 2.05) is 13.8 Å². The average molecular weight is 291 g/mol. The van der Waals surface area contributed by atoms with Crippen molar-refractivity contribution in [2.75, 3.05) is 7.05 Å². The Kier molecular flexibility index (Phi) is 3.97. The van der Waals surface area contributed by atoms with E-state index < -0.39 is 0 Å². The van der Waals surface area contributed by atoms with E-state index in [1.54, 1.807) is 0 Å². The molecule has 0 spiro atoms. The van der Waals surface area contributed by atoms with E-state index in [0.29, 0.717) is 12.1 Å². The molecule has 0 radical (unpaired) electrons. The molecule has 2 atom stereocenters. The summed E-state index contributed by atoms with van der Waals surface area (Å²) in [5.41, 5.74) is 0. The first-order chi connectivity index (χ1) is 10.0. The summed E-state index contributed by atoms with van der Waals surface area (Å²) in [6.45, 7) is 4.06. The maximum absolute atomic E-state index is 12.3. The summed E-state index contributed by atoms with van der Waals surface area (Å²) in [5.74, 6) is 1.13. The van der Waals surface area contributed by atoms with Gasteiger partial charge in [0.1, 0.15) is 5.82 Å². The Morgan fingerprint density at radius 1 is 1.33 bits per heavy atom. The molecule has 1 aromatic rings. The highest BCUT2D eigenvalue weighted by Gasteiger charge is 2.36. The monoisotopic (exact) mass is 291 g/mol. The van der Waals surface area contributed by atoms with Gasteiger partial charge in [-0.25, -0.2) is 4.98 Å². The number of piperidine rings is 2. The van der Waals surface area contributed by atoms with Crippen LogP contribution in [-0.4, -0.2) is 51.2 Å². The third-order valence-corrected chi connectivity index (χ3v) is 4.93. The van der Waals surface area contributed by atoms with E-state index in [0.717, 1.165) is 18.7 Å². The quantitative estimate of drug-likeness (QED) is 0.888. The van der Waals surface area contributed by atoms with Gasteiger partial charge in [0.25, 0.3) is 5.91 Å². The third kappa shape index (κ3) is 2.95. The molecular weight excluding hydrogens is 266 g/mol. The van der Waals surface area contributed by atoms with Gasteiger partial charge in [0.2, 0.25) is 5.82 Å². The summed E-state index contributed by atoms with van der Waals surface area (Å²) in [6, 6.07) is 1.48. The number of carbonyl (C=O) groups is 1. The maximum atomic E-state index is 12.3. The molecule has 1 aromatic heterocycles. The van der Waals surface area contributed by atoms with Crippen LogP contribution in [0.1, 0.15) is 68.3 Å². The predicted octanol–water partition coefficient (Wildman–Crippen LogP) is 1.67. The van der Waals surface area contributed by atoms with E-state index in [4.69, 9.17) is 0 Å². The largest absolute Gasteiger partial charge is 0.346 e. The van der Waals surface area contributed by atoms with Crippen LogP contribution in [0.25, 0.3) is 0 Å². The number of nitrogens with zero attached hydrogens (tertiary/aromatic N) is 3. The lowest BCUT2D eigenvalue weighted by Gasteiger charge is -2.47. The normalized spacial score (nSPS) is 29.6. The Morgan fingerprint density at radius 2 is 2.00 bits per heavy atom.